The number of aromatic nitrogens is 2. The summed E-state index contributed by atoms with van der Waals surface area (Å²) in [5, 5.41) is 6.19. The molecule has 35 heavy (non-hydrogen) atoms. The number of likely N-dealkylation sites (tertiary alicyclic amines) is 1. The van der Waals surface area contributed by atoms with Gasteiger partial charge in [0.2, 0.25) is 12.3 Å². The standard InChI is InChI=1S/C24H31F3N6O2/c1-14(2)32(3)16-5-7-21(20(11-16)30-13-34)33-9-8-19(23(33)35)31-22-17-10-15(24(25,26)27)4-6-18(17)28-12-29-22/h4,6,10,12-14,16,19-21H,5,7-9,11H2,1-3H3,(H,30,34)(H,28,29,31)/t16-,19?,20-,21+/m1/s1. The molecule has 1 aliphatic heterocycles. The summed E-state index contributed by atoms with van der Waals surface area (Å²) in [5.74, 6) is 0.0632. The van der Waals surface area contributed by atoms with E-state index in [0.29, 0.717) is 37.0 Å². The number of nitrogens with zero attached hydrogens (tertiary/aromatic N) is 4. The molecule has 1 aliphatic carbocycles. The van der Waals surface area contributed by atoms with Crippen LogP contribution in [0.1, 0.15) is 45.1 Å². The Bertz CT molecular complexity index is 1080. The Hall–Kier alpha value is -2.95. The van der Waals surface area contributed by atoms with Crippen molar-refractivity contribution in [3.8, 4) is 0 Å². The first-order valence-corrected chi connectivity index (χ1v) is 11.9. The van der Waals surface area contributed by atoms with Gasteiger partial charge in [-0.25, -0.2) is 9.97 Å². The fourth-order valence-electron chi connectivity index (χ4n) is 5.24. The lowest BCUT2D eigenvalue weighted by atomic mass is 9.84. The van der Waals surface area contributed by atoms with Crippen molar-refractivity contribution >= 4 is 29.0 Å². The van der Waals surface area contributed by atoms with Crippen molar-refractivity contribution in [2.24, 2.45) is 0 Å². The van der Waals surface area contributed by atoms with E-state index >= 15 is 0 Å². The van der Waals surface area contributed by atoms with Crippen LogP contribution in [0.5, 0.6) is 0 Å². The Morgan fingerprint density at radius 1 is 1.20 bits per heavy atom. The number of alkyl halides is 3. The van der Waals surface area contributed by atoms with Crippen molar-refractivity contribution < 1.29 is 22.8 Å². The maximum absolute atomic E-state index is 13.4. The second-order valence-electron chi connectivity index (χ2n) is 9.65. The van der Waals surface area contributed by atoms with Gasteiger partial charge >= 0.3 is 6.18 Å². The molecule has 1 saturated carbocycles. The summed E-state index contributed by atoms with van der Waals surface area (Å²) in [6.07, 6.45) is 0.374. The summed E-state index contributed by atoms with van der Waals surface area (Å²) in [5.41, 5.74) is -0.436. The Balaban J connectivity index is 1.51. The third kappa shape index (κ3) is 5.19. The maximum atomic E-state index is 13.4. The van der Waals surface area contributed by atoms with Gasteiger partial charge in [0.25, 0.3) is 0 Å². The van der Waals surface area contributed by atoms with Gasteiger partial charge < -0.3 is 20.4 Å². The number of rotatable bonds is 7. The minimum absolute atomic E-state index is 0.129. The van der Waals surface area contributed by atoms with Crippen molar-refractivity contribution in [1.29, 1.82) is 0 Å². The Kier molecular flexibility index (Phi) is 7.16. The van der Waals surface area contributed by atoms with E-state index in [1.54, 1.807) is 4.90 Å². The van der Waals surface area contributed by atoms with Crippen LogP contribution in [0.4, 0.5) is 19.0 Å². The van der Waals surface area contributed by atoms with Gasteiger partial charge in [-0.15, -0.1) is 0 Å². The zero-order valence-electron chi connectivity index (χ0n) is 20.0. The summed E-state index contributed by atoms with van der Waals surface area (Å²) in [6.45, 7) is 4.76. The lowest BCUT2D eigenvalue weighted by molar-refractivity contribution is -0.137. The molecule has 1 aromatic carbocycles. The maximum Gasteiger partial charge on any atom is 0.416 e. The van der Waals surface area contributed by atoms with Crippen molar-refractivity contribution in [3.63, 3.8) is 0 Å². The van der Waals surface area contributed by atoms with Crippen LogP contribution in [-0.4, -0.2) is 75.9 Å². The van der Waals surface area contributed by atoms with Crippen LogP contribution in [0.15, 0.2) is 24.5 Å². The fourth-order valence-corrected chi connectivity index (χ4v) is 5.24. The lowest BCUT2D eigenvalue weighted by Crippen LogP contribution is -2.57. The highest BCUT2D eigenvalue weighted by molar-refractivity contribution is 5.93. The number of carbonyl (C=O) groups excluding carboxylic acids is 2. The number of halogens is 3. The summed E-state index contributed by atoms with van der Waals surface area (Å²) in [6, 6.07) is 3.06. The number of amides is 2. The molecule has 0 bridgehead atoms. The Morgan fingerprint density at radius 2 is 1.97 bits per heavy atom. The first-order chi connectivity index (χ1) is 16.6. The minimum Gasteiger partial charge on any atom is -0.358 e. The SMILES string of the molecule is CC(C)N(C)[C@@H]1CC[C@H](N2CCC(Nc3ncnc4ccc(C(F)(F)F)cc34)C2=O)[C@H](NC=O)C1. The fraction of sp³-hybridized carbons (Fsp3) is 0.583. The minimum atomic E-state index is -4.50. The first kappa shape index (κ1) is 25.2. The van der Waals surface area contributed by atoms with E-state index in [1.165, 1.54) is 12.4 Å². The number of hydrogen-bond donors (Lipinski definition) is 2. The van der Waals surface area contributed by atoms with Crippen LogP contribution in [0.3, 0.4) is 0 Å². The van der Waals surface area contributed by atoms with Gasteiger partial charge in [0.05, 0.1) is 23.2 Å². The van der Waals surface area contributed by atoms with E-state index in [4.69, 9.17) is 0 Å². The van der Waals surface area contributed by atoms with Crippen molar-refractivity contribution in [2.45, 2.75) is 75.9 Å². The average Bonchev–Trinajstić information content (AvgIpc) is 3.17. The van der Waals surface area contributed by atoms with Gasteiger partial charge in [0.1, 0.15) is 18.2 Å². The Labute approximate surface area is 202 Å². The van der Waals surface area contributed by atoms with Gasteiger partial charge in [0.15, 0.2) is 0 Å². The zero-order valence-corrected chi connectivity index (χ0v) is 20.0. The Morgan fingerprint density at radius 3 is 2.66 bits per heavy atom. The highest BCUT2D eigenvalue weighted by atomic mass is 19.4. The molecule has 4 rings (SSSR count). The molecular weight excluding hydrogens is 461 g/mol. The van der Waals surface area contributed by atoms with Gasteiger partial charge in [0, 0.05) is 24.0 Å². The normalized spacial score (nSPS) is 25.5. The number of carbonyl (C=O) groups is 2. The van der Waals surface area contributed by atoms with Crippen molar-refractivity contribution in [3.05, 3.63) is 30.1 Å². The van der Waals surface area contributed by atoms with Gasteiger partial charge in [-0.3, -0.25) is 9.59 Å². The highest BCUT2D eigenvalue weighted by Crippen LogP contribution is 2.34. The summed E-state index contributed by atoms with van der Waals surface area (Å²) in [4.78, 5) is 37.0. The number of nitrogens with one attached hydrogen (secondary N) is 2. The molecule has 2 N–H and O–H groups in total. The van der Waals surface area contributed by atoms with Crippen LogP contribution in [0.2, 0.25) is 0 Å². The van der Waals surface area contributed by atoms with Crippen LogP contribution < -0.4 is 10.6 Å². The topological polar surface area (TPSA) is 90.5 Å². The highest BCUT2D eigenvalue weighted by Gasteiger charge is 2.42. The molecule has 2 aromatic rings. The molecule has 1 saturated heterocycles. The second kappa shape index (κ2) is 9.96. The molecule has 1 unspecified atom stereocenters. The molecule has 1 aromatic heterocycles. The largest absolute Gasteiger partial charge is 0.416 e. The summed E-state index contributed by atoms with van der Waals surface area (Å²) in [7, 11) is 2.07. The number of anilines is 1. The molecule has 4 atom stereocenters. The molecule has 0 radical (unpaired) electrons. The van der Waals surface area contributed by atoms with Crippen LogP contribution in [0.25, 0.3) is 10.9 Å². The predicted molar refractivity (Wildman–Crippen MR) is 126 cm³/mol. The molecule has 11 heteroatoms. The molecule has 0 spiro atoms. The number of hydrogen-bond acceptors (Lipinski definition) is 6. The van der Waals surface area contributed by atoms with Gasteiger partial charge in [-0.1, -0.05) is 0 Å². The van der Waals surface area contributed by atoms with Crippen LogP contribution in [-0.2, 0) is 15.8 Å². The van der Waals surface area contributed by atoms with Crippen LogP contribution >= 0.6 is 0 Å². The summed E-state index contributed by atoms with van der Waals surface area (Å²) >= 11 is 0. The summed E-state index contributed by atoms with van der Waals surface area (Å²) < 4.78 is 39.7. The molecule has 2 heterocycles. The molecule has 2 amide bonds. The average molecular weight is 493 g/mol. The van der Waals surface area contributed by atoms with Gasteiger partial charge in [-0.05, 0) is 64.8 Å². The monoisotopic (exact) mass is 492 g/mol. The van der Waals surface area contributed by atoms with Crippen molar-refractivity contribution in [2.75, 3.05) is 18.9 Å². The molecular formula is C24H31F3N6O2. The lowest BCUT2D eigenvalue weighted by Gasteiger charge is -2.44. The van der Waals surface area contributed by atoms with Crippen molar-refractivity contribution in [1.82, 2.24) is 25.1 Å². The molecule has 190 valence electrons. The number of fused-ring (bicyclic) bond motifs is 1. The molecule has 2 aliphatic rings. The first-order valence-electron chi connectivity index (χ1n) is 11.9. The van der Waals surface area contributed by atoms with E-state index in [-0.39, 0.29) is 29.2 Å². The quantitative estimate of drug-likeness (QED) is 0.578. The predicted octanol–water partition coefficient (Wildman–Crippen LogP) is 3.04. The van der Waals surface area contributed by atoms with E-state index in [2.05, 4.69) is 46.4 Å². The number of benzene rings is 1. The van der Waals surface area contributed by atoms with E-state index in [0.717, 1.165) is 31.4 Å². The smallest absolute Gasteiger partial charge is 0.358 e. The van der Waals surface area contributed by atoms with E-state index < -0.39 is 17.8 Å². The van der Waals surface area contributed by atoms with E-state index in [9.17, 15) is 22.8 Å². The zero-order chi connectivity index (χ0) is 25.3. The molecule has 2 fully saturated rings. The third-order valence-corrected chi connectivity index (χ3v) is 7.37. The van der Waals surface area contributed by atoms with E-state index in [1.807, 2.05) is 0 Å². The van der Waals surface area contributed by atoms with Gasteiger partial charge in [-0.2, -0.15) is 13.2 Å². The second-order valence-corrected chi connectivity index (χ2v) is 9.65. The molecule has 8 nitrogen and oxygen atoms in total. The third-order valence-electron chi connectivity index (χ3n) is 7.37. The van der Waals surface area contributed by atoms with Crippen LogP contribution in [0, 0.1) is 0 Å².